The van der Waals surface area contributed by atoms with Gasteiger partial charge in [-0.3, -0.25) is 5.10 Å². The molecule has 5 aromatic heterocycles. The second-order valence-corrected chi connectivity index (χ2v) is 10.9. The van der Waals surface area contributed by atoms with E-state index in [1.54, 1.807) is 17.0 Å². The number of thiophene rings is 1. The summed E-state index contributed by atoms with van der Waals surface area (Å²) in [5, 5.41) is 10.3. The number of nitrogens with zero attached hydrogens (tertiary/aromatic N) is 6. The Bertz CT molecular complexity index is 1430. The van der Waals surface area contributed by atoms with E-state index in [2.05, 4.69) is 20.2 Å². The molecular formula is C20H20N8OS2. The molecule has 1 unspecified atom stereocenters. The molecule has 0 amide bonds. The van der Waals surface area contributed by atoms with Crippen LogP contribution in [0, 0.1) is 0 Å². The number of fused-ring (bicyclic) bond motifs is 2. The van der Waals surface area contributed by atoms with E-state index in [1.807, 2.05) is 31.1 Å². The van der Waals surface area contributed by atoms with Gasteiger partial charge in [-0.2, -0.15) is 4.63 Å². The zero-order valence-electron chi connectivity index (χ0n) is 17.0. The molecular weight excluding hydrogens is 432 g/mol. The molecule has 1 fully saturated rings. The van der Waals surface area contributed by atoms with Gasteiger partial charge >= 0.3 is 0 Å². The second kappa shape index (κ2) is 6.81. The molecule has 3 N–H and O–H groups in total. The number of aromatic nitrogens is 6. The highest BCUT2D eigenvalue weighted by Crippen LogP contribution is 2.43. The average Bonchev–Trinajstić information content (AvgIpc) is 3.30. The second-order valence-electron chi connectivity index (χ2n) is 7.99. The van der Waals surface area contributed by atoms with E-state index in [0.29, 0.717) is 0 Å². The summed E-state index contributed by atoms with van der Waals surface area (Å²) in [6.07, 6.45) is 6.51. The molecule has 1 aliphatic rings. The third kappa shape index (κ3) is 2.87. The molecule has 1 saturated carbocycles. The Balaban J connectivity index is 1.67. The minimum atomic E-state index is -1.07. The molecule has 5 heterocycles. The van der Waals surface area contributed by atoms with Crippen LogP contribution in [-0.2, 0) is 11.2 Å². The lowest BCUT2D eigenvalue weighted by Gasteiger charge is -2.26. The predicted molar refractivity (Wildman–Crippen MR) is 124 cm³/mol. The van der Waals surface area contributed by atoms with Crippen LogP contribution in [0.15, 0.2) is 28.7 Å². The lowest BCUT2D eigenvalue weighted by atomic mass is 10.0. The van der Waals surface area contributed by atoms with Crippen molar-refractivity contribution >= 4 is 60.9 Å². The van der Waals surface area contributed by atoms with Crippen LogP contribution in [0.4, 0.5) is 11.8 Å². The summed E-state index contributed by atoms with van der Waals surface area (Å²) in [7, 11) is 3.92. The molecule has 31 heavy (non-hydrogen) atoms. The normalized spacial score (nSPS) is 15.7. The zero-order valence-corrected chi connectivity index (χ0v) is 18.6. The van der Waals surface area contributed by atoms with Crippen LogP contribution in [0.1, 0.15) is 19.3 Å². The first kappa shape index (κ1) is 18.8. The summed E-state index contributed by atoms with van der Waals surface area (Å²) in [5.41, 5.74) is 8.97. The standard InChI is InChI=1S/C20H20N8OS2/c1-27(2)15-7-14-12-6-13(10-8-22-20(21)23-9-10)24-18-16(12)17(26-28(14)25-15)19(30-18)31(29)11-4-3-5-11/h6-9,11,26H,3-5H2,1-2H3,(H2,21,22,23). The number of H-pyrrole nitrogens is 1. The number of aromatic amines is 1. The van der Waals surface area contributed by atoms with Crippen molar-refractivity contribution in [2.45, 2.75) is 28.7 Å². The maximum Gasteiger partial charge on any atom is 0.234 e. The predicted octanol–water partition coefficient (Wildman–Crippen LogP) is 3.19. The molecule has 5 aromatic rings. The van der Waals surface area contributed by atoms with Crippen LogP contribution in [-0.4, -0.2) is 53.7 Å². The SMILES string of the molecule is CN(C)c1cc2c3cc(-c4cnc(N)nc4)nc4sc([S+]([O-])C5CCC5)c([nH]n2n1)c43. The third-order valence-corrected chi connectivity index (χ3v) is 9.05. The van der Waals surface area contributed by atoms with Crippen molar-refractivity contribution in [3.63, 3.8) is 0 Å². The topological polar surface area (TPSA) is 124 Å². The first-order valence-electron chi connectivity index (χ1n) is 10.0. The number of hydrogen-bond donors (Lipinski definition) is 2. The van der Waals surface area contributed by atoms with Crippen molar-refractivity contribution in [2.75, 3.05) is 24.7 Å². The molecule has 1 aliphatic carbocycles. The minimum absolute atomic E-state index is 0.218. The van der Waals surface area contributed by atoms with Gasteiger partial charge in [-0.1, -0.05) is 11.3 Å². The van der Waals surface area contributed by atoms with Gasteiger partial charge in [0.25, 0.3) is 0 Å². The molecule has 1 atom stereocenters. The van der Waals surface area contributed by atoms with Crippen molar-refractivity contribution < 1.29 is 4.55 Å². The van der Waals surface area contributed by atoms with Crippen LogP contribution >= 0.6 is 11.3 Å². The lowest BCUT2D eigenvalue weighted by molar-refractivity contribution is 0.478. The fourth-order valence-electron chi connectivity index (χ4n) is 3.85. The number of nitrogens with two attached hydrogens (primary N) is 1. The Morgan fingerprint density at radius 1 is 1.26 bits per heavy atom. The highest BCUT2D eigenvalue weighted by atomic mass is 32.2. The van der Waals surface area contributed by atoms with Crippen molar-refractivity contribution in [2.24, 2.45) is 0 Å². The molecule has 6 rings (SSSR count). The smallest absolute Gasteiger partial charge is 0.234 e. The van der Waals surface area contributed by atoms with Gasteiger partial charge in [0.15, 0.2) is 5.82 Å². The Morgan fingerprint density at radius 3 is 2.71 bits per heavy atom. The molecule has 11 heteroatoms. The Hall–Kier alpha value is -2.89. The number of anilines is 2. The van der Waals surface area contributed by atoms with E-state index in [1.165, 1.54) is 11.3 Å². The van der Waals surface area contributed by atoms with Gasteiger partial charge in [0.2, 0.25) is 10.2 Å². The third-order valence-electron chi connectivity index (χ3n) is 5.78. The summed E-state index contributed by atoms with van der Waals surface area (Å²) in [6.45, 7) is 0. The first-order valence-corrected chi connectivity index (χ1v) is 12.0. The summed E-state index contributed by atoms with van der Waals surface area (Å²) in [4.78, 5) is 15.9. The quantitative estimate of drug-likeness (QED) is 0.401. The molecule has 9 nitrogen and oxygen atoms in total. The van der Waals surface area contributed by atoms with Gasteiger partial charge in [0, 0.05) is 54.7 Å². The van der Waals surface area contributed by atoms with Gasteiger partial charge in [0.1, 0.15) is 15.6 Å². The maximum absolute atomic E-state index is 13.3. The van der Waals surface area contributed by atoms with Crippen molar-refractivity contribution in [1.29, 1.82) is 0 Å². The van der Waals surface area contributed by atoms with Crippen LogP contribution in [0.3, 0.4) is 0 Å². The van der Waals surface area contributed by atoms with Crippen LogP contribution in [0.5, 0.6) is 0 Å². The molecule has 0 radical (unpaired) electrons. The highest BCUT2D eigenvalue weighted by Gasteiger charge is 2.35. The Kier molecular flexibility index (Phi) is 4.14. The molecule has 0 spiro atoms. The average molecular weight is 453 g/mol. The van der Waals surface area contributed by atoms with E-state index in [4.69, 9.17) is 10.7 Å². The van der Waals surface area contributed by atoms with E-state index in [-0.39, 0.29) is 11.2 Å². The maximum atomic E-state index is 13.3. The molecule has 0 aliphatic heterocycles. The van der Waals surface area contributed by atoms with Crippen LogP contribution in [0.2, 0.25) is 0 Å². The van der Waals surface area contributed by atoms with E-state index in [9.17, 15) is 4.55 Å². The van der Waals surface area contributed by atoms with Crippen molar-refractivity contribution in [1.82, 2.24) is 29.8 Å². The molecule has 158 valence electrons. The zero-order chi connectivity index (χ0) is 21.3. The summed E-state index contributed by atoms with van der Waals surface area (Å²) in [6, 6.07) is 4.06. The number of hydrogen-bond acceptors (Lipinski definition) is 8. The van der Waals surface area contributed by atoms with Crippen molar-refractivity contribution in [3.05, 3.63) is 24.5 Å². The minimum Gasteiger partial charge on any atom is -0.611 e. The van der Waals surface area contributed by atoms with E-state index >= 15 is 0 Å². The largest absolute Gasteiger partial charge is 0.611 e. The molecule has 0 bridgehead atoms. The molecule has 0 saturated heterocycles. The Labute approximate surface area is 184 Å². The number of nitrogens with one attached hydrogen (secondary N) is 1. The summed E-state index contributed by atoms with van der Waals surface area (Å²) >= 11 is 0.424. The van der Waals surface area contributed by atoms with Gasteiger partial charge in [0.05, 0.1) is 16.6 Å². The Morgan fingerprint density at radius 2 is 2.03 bits per heavy atom. The fourth-order valence-corrected chi connectivity index (χ4v) is 7.12. The number of pyridine rings is 1. The first-order chi connectivity index (χ1) is 15.0. The monoisotopic (exact) mass is 452 g/mol. The van der Waals surface area contributed by atoms with E-state index in [0.717, 1.165) is 67.2 Å². The van der Waals surface area contributed by atoms with Crippen LogP contribution in [0.25, 0.3) is 37.9 Å². The van der Waals surface area contributed by atoms with Gasteiger partial charge in [-0.15, -0.1) is 5.10 Å². The summed E-state index contributed by atoms with van der Waals surface area (Å²) in [5.74, 6) is 1.06. The van der Waals surface area contributed by atoms with Gasteiger partial charge in [-0.05, 0) is 25.3 Å². The van der Waals surface area contributed by atoms with E-state index < -0.39 is 11.2 Å². The lowest BCUT2D eigenvalue weighted by Crippen LogP contribution is -2.28. The van der Waals surface area contributed by atoms with Crippen LogP contribution < -0.4 is 10.6 Å². The number of rotatable bonds is 4. The summed E-state index contributed by atoms with van der Waals surface area (Å²) < 4.78 is 15.9. The van der Waals surface area contributed by atoms with Gasteiger partial charge < -0.3 is 15.2 Å². The highest BCUT2D eigenvalue weighted by molar-refractivity contribution is 7.94. The van der Waals surface area contributed by atoms with Crippen molar-refractivity contribution in [3.8, 4) is 11.3 Å². The van der Waals surface area contributed by atoms with Gasteiger partial charge in [-0.25, -0.2) is 15.0 Å². The number of nitrogen functional groups attached to an aromatic ring is 1. The molecule has 0 aromatic carbocycles. The fraction of sp³-hybridized carbons (Fsp3) is 0.300.